The predicted octanol–water partition coefficient (Wildman–Crippen LogP) is 15.5. The van der Waals surface area contributed by atoms with Gasteiger partial charge in [-0.15, -0.1) is 0 Å². The van der Waals surface area contributed by atoms with E-state index in [0.717, 1.165) is 74.3 Å². The van der Waals surface area contributed by atoms with Gasteiger partial charge in [0.25, 0.3) is 0 Å². The highest BCUT2D eigenvalue weighted by Gasteiger charge is 2.72. The van der Waals surface area contributed by atoms with Gasteiger partial charge in [0.1, 0.15) is 0 Å². The molecular weight excluding hydrogens is 831 g/mol. The van der Waals surface area contributed by atoms with Crippen molar-refractivity contribution >= 4 is 38.9 Å². The summed E-state index contributed by atoms with van der Waals surface area (Å²) in [5.74, 6) is 0.150. The van der Waals surface area contributed by atoms with E-state index >= 15 is 26.3 Å². The molecule has 0 atom stereocenters. The Morgan fingerprint density at radius 3 is 1.32 bits per heavy atom. The van der Waals surface area contributed by atoms with Crippen molar-refractivity contribution in [1.29, 1.82) is 0 Å². The molecule has 10 rings (SSSR count). The molecule has 0 amide bonds. The fourth-order valence-electron chi connectivity index (χ4n) is 8.78. The number of nitrogens with zero attached hydrogens (tertiary/aromatic N) is 4. The van der Waals surface area contributed by atoms with Gasteiger partial charge in [-0.05, 0) is 77.9 Å². The predicted molar refractivity (Wildman–Crippen MR) is 247 cm³/mol. The number of alkyl halides is 6. The minimum absolute atomic E-state index is 0.150. The molecule has 2 aromatic heterocycles. The van der Waals surface area contributed by atoms with Crippen molar-refractivity contribution in [2.24, 2.45) is 0 Å². The summed E-state index contributed by atoms with van der Waals surface area (Å²) in [5, 5.41) is 1.72. The minimum atomic E-state index is -5.79. The van der Waals surface area contributed by atoms with E-state index in [4.69, 9.17) is 9.97 Å². The van der Waals surface area contributed by atoms with Gasteiger partial charge in [-0.2, -0.15) is 26.3 Å². The second kappa shape index (κ2) is 16.3. The Bertz CT molecular complexity index is 3150. The molecule has 0 spiro atoms. The van der Waals surface area contributed by atoms with Crippen LogP contribution in [-0.4, -0.2) is 26.9 Å². The Morgan fingerprint density at radius 1 is 0.369 bits per heavy atom. The minimum Gasteiger partial charge on any atom is -0.310 e. The quantitative estimate of drug-likeness (QED) is 0.136. The first kappa shape index (κ1) is 41.1. The Morgan fingerprint density at radius 2 is 0.815 bits per heavy atom. The third-order valence-electron chi connectivity index (χ3n) is 11.8. The van der Waals surface area contributed by atoms with Gasteiger partial charge >= 0.3 is 12.4 Å². The smallest absolute Gasteiger partial charge is 0.310 e. The number of para-hydroxylation sites is 3. The van der Waals surface area contributed by atoms with E-state index in [-0.39, 0.29) is 11.4 Å². The summed E-state index contributed by atoms with van der Waals surface area (Å²) in [7, 11) is 0. The molecule has 0 aliphatic carbocycles. The van der Waals surface area contributed by atoms with Crippen molar-refractivity contribution in [1.82, 2.24) is 14.5 Å². The zero-order chi connectivity index (χ0) is 44.8. The summed E-state index contributed by atoms with van der Waals surface area (Å²) in [6.45, 7) is 0. The normalized spacial score (nSPS) is 12.2. The van der Waals surface area contributed by atoms with Crippen LogP contribution in [0.3, 0.4) is 0 Å². The monoisotopic (exact) mass is 866 g/mol. The Kier molecular flexibility index (Phi) is 10.3. The first-order valence-electron chi connectivity index (χ1n) is 20.8. The van der Waals surface area contributed by atoms with E-state index in [2.05, 4.69) is 11.0 Å². The van der Waals surface area contributed by atoms with Gasteiger partial charge in [0.2, 0.25) is 5.41 Å². The second-order valence-corrected chi connectivity index (χ2v) is 15.6. The third kappa shape index (κ3) is 7.26. The second-order valence-electron chi connectivity index (χ2n) is 15.6. The Balaban J connectivity index is 1.06. The summed E-state index contributed by atoms with van der Waals surface area (Å²) in [5.41, 5.74) is 1.17. The SMILES string of the molecule is FC(F)(F)C(c1ccc(-c2nc(-c3ccccc3)cc(-c3ccccc3)n2)cc1)(c1ccc(-n2c3ccccc3c3cc(N(c4ccccc4)c4ccccc4)ccc32)cc1)C(F)(F)F. The van der Waals surface area contributed by atoms with Crippen LogP contribution in [0.25, 0.3) is 61.4 Å². The van der Waals surface area contributed by atoms with Gasteiger partial charge in [0.05, 0.1) is 22.4 Å². The van der Waals surface area contributed by atoms with Crippen molar-refractivity contribution in [3.63, 3.8) is 0 Å². The van der Waals surface area contributed by atoms with Crippen LogP contribution in [0.1, 0.15) is 11.1 Å². The molecule has 0 aliphatic rings. The van der Waals surface area contributed by atoms with Crippen molar-refractivity contribution in [2.75, 3.05) is 4.90 Å². The first-order valence-corrected chi connectivity index (χ1v) is 20.8. The van der Waals surface area contributed by atoms with Crippen molar-refractivity contribution in [3.8, 4) is 39.6 Å². The molecular formula is C55H36F6N4. The molecule has 0 saturated heterocycles. The maximum atomic E-state index is 15.5. The topological polar surface area (TPSA) is 34.0 Å². The van der Waals surface area contributed by atoms with Gasteiger partial charge < -0.3 is 9.47 Å². The zero-order valence-corrected chi connectivity index (χ0v) is 34.3. The largest absolute Gasteiger partial charge is 0.411 e. The first-order chi connectivity index (χ1) is 31.5. The molecule has 2 heterocycles. The molecule has 0 aliphatic heterocycles. The van der Waals surface area contributed by atoms with Gasteiger partial charge in [0.15, 0.2) is 5.82 Å². The summed E-state index contributed by atoms with van der Waals surface area (Å²) in [6, 6.07) is 62.4. The van der Waals surface area contributed by atoms with Crippen molar-refractivity contribution in [3.05, 3.63) is 230 Å². The van der Waals surface area contributed by atoms with E-state index in [1.165, 1.54) is 24.3 Å². The molecule has 0 saturated carbocycles. The maximum Gasteiger partial charge on any atom is 0.411 e. The molecule has 0 unspecified atom stereocenters. The third-order valence-corrected chi connectivity index (χ3v) is 11.8. The van der Waals surface area contributed by atoms with E-state index in [1.54, 1.807) is 6.07 Å². The lowest BCUT2D eigenvalue weighted by Crippen LogP contribution is -2.54. The zero-order valence-electron chi connectivity index (χ0n) is 34.3. The molecule has 318 valence electrons. The number of fused-ring (bicyclic) bond motifs is 3. The van der Waals surface area contributed by atoms with E-state index in [0.29, 0.717) is 17.1 Å². The molecule has 0 radical (unpaired) electrons. The van der Waals surface area contributed by atoms with Crippen LogP contribution < -0.4 is 4.90 Å². The summed E-state index contributed by atoms with van der Waals surface area (Å²) >= 11 is 0. The fourth-order valence-corrected chi connectivity index (χ4v) is 8.78. The van der Waals surface area contributed by atoms with Crippen molar-refractivity contribution < 1.29 is 26.3 Å². The molecule has 0 fully saturated rings. The summed E-state index contributed by atoms with van der Waals surface area (Å²) in [6.07, 6.45) is -11.6. The highest BCUT2D eigenvalue weighted by Crippen LogP contribution is 2.56. The number of halogens is 6. The van der Waals surface area contributed by atoms with Crippen LogP contribution in [0.2, 0.25) is 0 Å². The highest BCUT2D eigenvalue weighted by molar-refractivity contribution is 6.10. The average Bonchev–Trinajstić information content (AvgIpc) is 3.66. The number of rotatable bonds is 9. The lowest BCUT2D eigenvalue weighted by molar-refractivity contribution is -0.288. The number of aromatic nitrogens is 3. The molecule has 4 nitrogen and oxygen atoms in total. The van der Waals surface area contributed by atoms with E-state index in [9.17, 15) is 0 Å². The van der Waals surface area contributed by atoms with Crippen molar-refractivity contribution in [2.45, 2.75) is 17.8 Å². The molecule has 10 aromatic rings. The van der Waals surface area contributed by atoms with Gasteiger partial charge in [-0.1, -0.05) is 152 Å². The number of anilines is 3. The average molecular weight is 867 g/mol. The summed E-state index contributed by atoms with van der Waals surface area (Å²) < 4.78 is 95.1. The lowest BCUT2D eigenvalue weighted by atomic mass is 9.72. The number of benzene rings is 8. The number of hydrogen-bond donors (Lipinski definition) is 0. The van der Waals surface area contributed by atoms with Crippen LogP contribution >= 0.6 is 0 Å². The van der Waals surface area contributed by atoms with Crippen LogP contribution in [0.5, 0.6) is 0 Å². The molecule has 0 bridgehead atoms. The molecule has 65 heavy (non-hydrogen) atoms. The van der Waals surface area contributed by atoms with Gasteiger partial charge in [-0.3, -0.25) is 0 Å². The van der Waals surface area contributed by atoms with E-state index in [1.807, 2.05) is 162 Å². The van der Waals surface area contributed by atoms with Crippen LogP contribution in [0, 0.1) is 0 Å². The van der Waals surface area contributed by atoms with Crippen LogP contribution in [-0.2, 0) is 5.41 Å². The lowest BCUT2D eigenvalue weighted by Gasteiger charge is -2.38. The molecule has 10 heteroatoms. The van der Waals surface area contributed by atoms with E-state index < -0.39 is 28.9 Å². The summed E-state index contributed by atoms with van der Waals surface area (Å²) in [4.78, 5) is 11.5. The Labute approximate surface area is 370 Å². The van der Waals surface area contributed by atoms with Crippen LogP contribution in [0.15, 0.2) is 218 Å². The number of hydrogen-bond acceptors (Lipinski definition) is 3. The molecule has 8 aromatic carbocycles. The van der Waals surface area contributed by atoms with Crippen LogP contribution in [0.4, 0.5) is 43.4 Å². The Hall–Kier alpha value is -7.98. The van der Waals surface area contributed by atoms with Gasteiger partial charge in [0, 0.05) is 50.2 Å². The fraction of sp³-hybridized carbons (Fsp3) is 0.0545. The maximum absolute atomic E-state index is 15.5. The highest BCUT2D eigenvalue weighted by atomic mass is 19.4. The van der Waals surface area contributed by atoms with Gasteiger partial charge in [-0.25, -0.2) is 9.97 Å². The molecule has 0 N–H and O–H groups in total. The standard InChI is InChI=1S/C55H36F6N4/c56-54(57,58)53(55(59,60)61,40-27-25-39(26-28-40)52-62-48(37-15-5-1-6-16-37)36-49(63-52)38-17-7-2-8-18-38)41-29-31-44(32-30-41)65-50-24-14-13-23-46(50)47-35-45(33-34-51(47)65)64(42-19-9-3-10-20-42)43-21-11-4-12-22-43/h1-36H.